The summed E-state index contributed by atoms with van der Waals surface area (Å²) in [7, 11) is -0.274. The van der Waals surface area contributed by atoms with E-state index >= 15 is 0 Å². The molecular formula is C17H21NO5S. The van der Waals surface area contributed by atoms with Crippen LogP contribution in [-0.4, -0.2) is 35.0 Å². The van der Waals surface area contributed by atoms with Crippen molar-refractivity contribution in [2.24, 2.45) is 0 Å². The van der Waals surface area contributed by atoms with Crippen molar-refractivity contribution in [3.63, 3.8) is 0 Å². The molecule has 0 aliphatic carbocycles. The largest absolute Gasteiger partial charge is 0.497 e. The molecule has 0 saturated heterocycles. The fourth-order valence-electron chi connectivity index (χ4n) is 1.99. The number of hydrogen-bond donors (Lipinski definition) is 1. The molecule has 0 amide bonds. The Kier molecular flexibility index (Phi) is 6.45. The van der Waals surface area contributed by atoms with Gasteiger partial charge in [0.15, 0.2) is 0 Å². The molecule has 0 aliphatic rings. The van der Waals surface area contributed by atoms with E-state index in [4.69, 9.17) is 14.2 Å². The van der Waals surface area contributed by atoms with E-state index in [0.717, 1.165) is 11.3 Å². The summed E-state index contributed by atoms with van der Waals surface area (Å²) in [6, 6.07) is 14.2. The molecule has 0 bridgehead atoms. The first-order valence-corrected chi connectivity index (χ1v) is 9.05. The van der Waals surface area contributed by atoms with E-state index in [0.29, 0.717) is 11.5 Å². The summed E-state index contributed by atoms with van der Waals surface area (Å²) in [5.41, 5.74) is 0.828. The molecule has 0 spiro atoms. The minimum Gasteiger partial charge on any atom is -0.497 e. The lowest BCUT2D eigenvalue weighted by Gasteiger charge is -2.09. The molecule has 1 N–H and O–H groups in total. The van der Waals surface area contributed by atoms with Gasteiger partial charge in [-0.3, -0.25) is 0 Å². The Morgan fingerprint density at radius 1 is 0.917 bits per heavy atom. The van der Waals surface area contributed by atoms with Gasteiger partial charge in [0, 0.05) is 6.54 Å². The second-order valence-electron chi connectivity index (χ2n) is 5.02. The lowest BCUT2D eigenvalue weighted by molar-refractivity contribution is 0.339. The Hall–Kier alpha value is -2.25. The Morgan fingerprint density at radius 3 is 2.25 bits per heavy atom. The number of hydrogen-bond acceptors (Lipinski definition) is 5. The van der Waals surface area contributed by atoms with Crippen molar-refractivity contribution in [2.45, 2.75) is 6.54 Å². The van der Waals surface area contributed by atoms with Gasteiger partial charge in [0.25, 0.3) is 0 Å². The molecule has 2 aromatic rings. The van der Waals surface area contributed by atoms with Crippen molar-refractivity contribution in [3.05, 3.63) is 54.1 Å². The second kappa shape index (κ2) is 8.56. The molecule has 0 aliphatic heterocycles. The first-order valence-electron chi connectivity index (χ1n) is 7.39. The molecule has 0 aromatic heterocycles. The number of ether oxygens (including phenoxy) is 3. The Morgan fingerprint density at radius 2 is 1.58 bits per heavy atom. The molecule has 2 rings (SSSR count). The highest BCUT2D eigenvalue weighted by atomic mass is 32.2. The maximum Gasteiger partial charge on any atom is 0.215 e. The lowest BCUT2D eigenvalue weighted by Crippen LogP contribution is -2.28. The minimum absolute atomic E-state index is 0.0692. The van der Waals surface area contributed by atoms with Crippen LogP contribution in [-0.2, 0) is 16.6 Å². The first-order chi connectivity index (χ1) is 11.5. The van der Waals surface area contributed by atoms with E-state index in [1.165, 1.54) is 0 Å². The van der Waals surface area contributed by atoms with Crippen LogP contribution < -0.4 is 18.9 Å². The summed E-state index contributed by atoms with van der Waals surface area (Å²) in [5, 5.41) is 0. The normalized spacial score (nSPS) is 11.1. The summed E-state index contributed by atoms with van der Waals surface area (Å²) in [6.07, 6.45) is 0. The molecule has 2 aromatic carbocycles. The van der Waals surface area contributed by atoms with Crippen molar-refractivity contribution in [3.8, 4) is 17.2 Å². The van der Waals surface area contributed by atoms with Crippen LogP contribution in [0.1, 0.15) is 5.56 Å². The van der Waals surface area contributed by atoms with E-state index in [1.807, 2.05) is 12.1 Å². The molecule has 0 heterocycles. The van der Waals surface area contributed by atoms with Crippen molar-refractivity contribution in [2.75, 3.05) is 26.6 Å². The van der Waals surface area contributed by atoms with E-state index in [-0.39, 0.29) is 18.9 Å². The number of sulfonamides is 1. The van der Waals surface area contributed by atoms with Gasteiger partial charge in [-0.15, -0.1) is 0 Å². The van der Waals surface area contributed by atoms with Crippen LogP contribution in [0.15, 0.2) is 48.5 Å². The predicted molar refractivity (Wildman–Crippen MR) is 92.1 cm³/mol. The van der Waals surface area contributed by atoms with Gasteiger partial charge >= 0.3 is 0 Å². The van der Waals surface area contributed by atoms with Crippen molar-refractivity contribution in [1.82, 2.24) is 4.72 Å². The van der Waals surface area contributed by atoms with Gasteiger partial charge in [-0.1, -0.05) is 12.1 Å². The van der Waals surface area contributed by atoms with Gasteiger partial charge in [0.05, 0.1) is 20.0 Å². The number of rotatable bonds is 9. The average molecular weight is 351 g/mol. The topological polar surface area (TPSA) is 73.9 Å². The fraction of sp³-hybridized carbons (Fsp3) is 0.294. The third kappa shape index (κ3) is 5.75. The van der Waals surface area contributed by atoms with E-state index in [2.05, 4.69) is 4.72 Å². The standard InChI is InChI=1S/C17H21NO5S/c1-21-15-6-8-16(9-7-15)23-10-11-24(19,20)18-13-14-4-3-5-17(12-14)22-2/h3-9,12,18H,10-11,13H2,1-2H3. The van der Waals surface area contributed by atoms with E-state index in [9.17, 15) is 8.42 Å². The molecule has 0 atom stereocenters. The first kappa shape index (κ1) is 18.1. The molecule has 7 heteroatoms. The monoisotopic (exact) mass is 351 g/mol. The number of methoxy groups -OCH3 is 2. The molecule has 0 saturated carbocycles. The molecule has 0 unspecified atom stereocenters. The predicted octanol–water partition coefficient (Wildman–Crippen LogP) is 2.20. The summed E-state index contributed by atoms with van der Waals surface area (Å²) >= 11 is 0. The number of benzene rings is 2. The summed E-state index contributed by atoms with van der Waals surface area (Å²) < 4.78 is 42.2. The summed E-state index contributed by atoms with van der Waals surface area (Å²) in [6.45, 7) is 0.280. The quantitative estimate of drug-likeness (QED) is 0.750. The second-order valence-corrected chi connectivity index (χ2v) is 6.94. The van der Waals surface area contributed by atoms with E-state index < -0.39 is 10.0 Å². The smallest absolute Gasteiger partial charge is 0.215 e. The zero-order valence-electron chi connectivity index (χ0n) is 13.7. The molecule has 130 valence electrons. The van der Waals surface area contributed by atoms with Gasteiger partial charge in [-0.25, -0.2) is 13.1 Å². The van der Waals surface area contributed by atoms with Crippen LogP contribution in [0.2, 0.25) is 0 Å². The van der Waals surface area contributed by atoms with Gasteiger partial charge in [-0.05, 0) is 42.0 Å². The molecule has 0 radical (unpaired) electrons. The molecule has 24 heavy (non-hydrogen) atoms. The van der Waals surface area contributed by atoms with Gasteiger partial charge in [0.2, 0.25) is 10.0 Å². The van der Waals surface area contributed by atoms with Crippen LogP contribution in [0.5, 0.6) is 17.2 Å². The lowest BCUT2D eigenvalue weighted by atomic mass is 10.2. The third-order valence-electron chi connectivity index (χ3n) is 3.31. The Labute approximate surface area is 142 Å². The van der Waals surface area contributed by atoms with Crippen LogP contribution >= 0.6 is 0 Å². The maximum absolute atomic E-state index is 12.0. The SMILES string of the molecule is COc1ccc(OCCS(=O)(=O)NCc2cccc(OC)c2)cc1. The Balaban J connectivity index is 1.80. The van der Waals surface area contributed by atoms with Gasteiger partial charge in [-0.2, -0.15) is 0 Å². The van der Waals surface area contributed by atoms with Crippen LogP contribution in [0.25, 0.3) is 0 Å². The van der Waals surface area contributed by atoms with Crippen LogP contribution in [0, 0.1) is 0 Å². The van der Waals surface area contributed by atoms with Crippen molar-refractivity contribution in [1.29, 1.82) is 0 Å². The zero-order valence-corrected chi connectivity index (χ0v) is 14.5. The zero-order chi connectivity index (χ0) is 17.4. The highest BCUT2D eigenvalue weighted by Crippen LogP contribution is 2.17. The van der Waals surface area contributed by atoms with Gasteiger partial charge < -0.3 is 14.2 Å². The maximum atomic E-state index is 12.0. The number of nitrogens with one attached hydrogen (secondary N) is 1. The Bertz CT molecular complexity index is 744. The average Bonchev–Trinajstić information content (AvgIpc) is 2.61. The summed E-state index contributed by atoms with van der Waals surface area (Å²) in [5.74, 6) is 1.88. The van der Waals surface area contributed by atoms with Crippen molar-refractivity contribution < 1.29 is 22.6 Å². The highest BCUT2D eigenvalue weighted by Gasteiger charge is 2.10. The van der Waals surface area contributed by atoms with Crippen LogP contribution in [0.4, 0.5) is 0 Å². The highest BCUT2D eigenvalue weighted by molar-refractivity contribution is 7.89. The minimum atomic E-state index is -3.42. The van der Waals surface area contributed by atoms with Gasteiger partial charge in [0.1, 0.15) is 23.9 Å². The van der Waals surface area contributed by atoms with E-state index in [1.54, 1.807) is 50.6 Å². The third-order valence-corrected chi connectivity index (χ3v) is 4.60. The van der Waals surface area contributed by atoms with Crippen molar-refractivity contribution >= 4 is 10.0 Å². The fourth-order valence-corrected chi connectivity index (χ4v) is 2.82. The molecular weight excluding hydrogens is 330 g/mol. The molecule has 6 nitrogen and oxygen atoms in total. The summed E-state index contributed by atoms with van der Waals surface area (Å²) in [4.78, 5) is 0. The molecule has 0 fully saturated rings. The van der Waals surface area contributed by atoms with Crippen LogP contribution in [0.3, 0.4) is 0 Å².